The molecule has 2 aromatic rings. The number of rotatable bonds is 11. The Morgan fingerprint density at radius 2 is 2.02 bits per heavy atom. The highest BCUT2D eigenvalue weighted by molar-refractivity contribution is 8.14. The summed E-state index contributed by atoms with van der Waals surface area (Å²) in [6.07, 6.45) is 2.13. The van der Waals surface area contributed by atoms with Crippen molar-refractivity contribution in [3.05, 3.63) is 40.4 Å². The lowest BCUT2D eigenvalue weighted by molar-refractivity contribution is -0.161. The fraction of sp³-hybridized carbons (Fsp3) is 0.348. The number of aliphatic carboxylic acids is 1. The molecule has 20 nitrogen and oxygen atoms in total. The second-order valence-corrected chi connectivity index (χ2v) is 12.1. The summed E-state index contributed by atoms with van der Waals surface area (Å²) in [5.41, 5.74) is 2.22. The zero-order chi connectivity index (χ0) is 33.3. The largest absolute Gasteiger partial charge is 0.503 e. The molecule has 2 amide bonds. The van der Waals surface area contributed by atoms with Gasteiger partial charge in [-0.05, 0) is 19.9 Å². The third-order valence-electron chi connectivity index (χ3n) is 6.20. The second kappa shape index (κ2) is 12.5. The minimum absolute atomic E-state index is 0.0137. The number of thioether (sulfide) groups is 1. The third-order valence-corrected chi connectivity index (χ3v) is 8.03. The second-order valence-electron chi connectivity index (χ2n) is 9.77. The van der Waals surface area contributed by atoms with Gasteiger partial charge in [-0.2, -0.15) is 8.42 Å². The van der Waals surface area contributed by atoms with E-state index in [-0.39, 0.29) is 32.4 Å². The predicted octanol–water partition coefficient (Wildman–Crippen LogP) is -2.14. The molecule has 0 bridgehead atoms. The molecule has 1 saturated heterocycles. The number of hydrogen-bond acceptors (Lipinski definition) is 16. The maximum absolute atomic E-state index is 13.2. The Morgan fingerprint density at radius 3 is 2.62 bits per heavy atom. The van der Waals surface area contributed by atoms with Crippen LogP contribution >= 0.6 is 11.8 Å². The van der Waals surface area contributed by atoms with Crippen LogP contribution in [0, 0.1) is 0 Å². The molecule has 2 aliphatic heterocycles. The summed E-state index contributed by atoms with van der Waals surface area (Å²) in [5, 5.41) is 24.7. The van der Waals surface area contributed by atoms with E-state index >= 15 is 0 Å². The fourth-order valence-electron chi connectivity index (χ4n) is 3.76. The van der Waals surface area contributed by atoms with E-state index in [2.05, 4.69) is 30.4 Å². The Hall–Kier alpha value is -5.09. The molecule has 0 saturated carbocycles. The predicted molar refractivity (Wildman–Crippen MR) is 152 cm³/mol. The molecule has 0 aliphatic carbocycles. The Labute approximate surface area is 256 Å². The topological polar surface area (TPSA) is 306 Å². The summed E-state index contributed by atoms with van der Waals surface area (Å²) in [7, 11) is -5.18. The van der Waals surface area contributed by atoms with Crippen molar-refractivity contribution >= 4 is 56.7 Å². The fourth-order valence-corrected chi connectivity index (χ4v) is 5.39. The van der Waals surface area contributed by atoms with E-state index in [9.17, 15) is 47.2 Å². The highest BCUT2D eigenvalue weighted by Crippen LogP contribution is 2.25. The van der Waals surface area contributed by atoms with Crippen LogP contribution in [0.2, 0.25) is 0 Å². The number of aliphatic imine (C=N–C) groups is 1. The minimum Gasteiger partial charge on any atom is -0.503 e. The van der Waals surface area contributed by atoms with Gasteiger partial charge in [0.05, 0.1) is 5.69 Å². The highest BCUT2D eigenvalue weighted by atomic mass is 32.2. The molecule has 2 aliphatic rings. The number of ether oxygens (including phenoxy) is 1. The molecule has 45 heavy (non-hydrogen) atoms. The van der Waals surface area contributed by atoms with Crippen LogP contribution in [0.25, 0.3) is 11.5 Å². The molecule has 240 valence electrons. The number of hydrogen-bond donors (Lipinski definition) is 6. The summed E-state index contributed by atoms with van der Waals surface area (Å²) in [4.78, 5) is 81.3. The first-order valence-corrected chi connectivity index (χ1v) is 14.9. The number of H-pyrrole nitrogens is 1. The van der Waals surface area contributed by atoms with Gasteiger partial charge >= 0.3 is 22.2 Å². The van der Waals surface area contributed by atoms with Gasteiger partial charge in [-0.3, -0.25) is 23.9 Å². The number of aromatic nitrogens is 3. The molecule has 1 unspecified atom stereocenters. The molecular weight excluding hydrogens is 644 g/mol. The molecule has 1 fully saturated rings. The quantitative estimate of drug-likeness (QED) is 0.0489. The number of oxime groups is 1. The van der Waals surface area contributed by atoms with Crippen molar-refractivity contribution in [1.29, 1.82) is 0 Å². The van der Waals surface area contributed by atoms with Crippen LogP contribution in [0.4, 0.5) is 0 Å². The van der Waals surface area contributed by atoms with Crippen molar-refractivity contribution in [2.24, 2.45) is 15.9 Å². The average molecular weight is 669 g/mol. The minimum atomic E-state index is -5.18. The van der Waals surface area contributed by atoms with Gasteiger partial charge in [-0.25, -0.2) is 23.9 Å². The van der Waals surface area contributed by atoms with Crippen molar-refractivity contribution < 1.29 is 51.9 Å². The van der Waals surface area contributed by atoms with E-state index in [1.165, 1.54) is 0 Å². The van der Waals surface area contributed by atoms with Crippen LogP contribution in [0.3, 0.4) is 0 Å². The monoisotopic (exact) mass is 668 g/mol. The number of carbonyl (C=O) groups is 4. The number of carboxylic acids is 1. The Bertz CT molecular complexity index is 1790. The van der Waals surface area contributed by atoms with Crippen molar-refractivity contribution in [2.45, 2.75) is 37.6 Å². The van der Waals surface area contributed by atoms with E-state index in [1.807, 2.05) is 0 Å². The van der Waals surface area contributed by atoms with E-state index in [4.69, 9.17) is 15.3 Å². The van der Waals surface area contributed by atoms with Gasteiger partial charge in [0.25, 0.3) is 11.8 Å². The van der Waals surface area contributed by atoms with Crippen molar-refractivity contribution in [3.63, 3.8) is 0 Å². The average Bonchev–Trinajstić information content (AvgIpc) is 3.39. The first-order chi connectivity index (χ1) is 21.0. The number of pyridine rings is 1. The van der Waals surface area contributed by atoms with Crippen LogP contribution in [0.5, 0.6) is 5.75 Å². The van der Waals surface area contributed by atoms with Gasteiger partial charge in [0.1, 0.15) is 24.7 Å². The van der Waals surface area contributed by atoms with Crippen LogP contribution in [-0.2, 0) is 34.3 Å². The highest BCUT2D eigenvalue weighted by Gasteiger charge is 2.55. The van der Waals surface area contributed by atoms with Crippen molar-refractivity contribution in [3.8, 4) is 17.3 Å². The summed E-state index contributed by atoms with van der Waals surface area (Å²) in [6, 6.07) is -2.24. The number of nitrogens with zero attached hydrogens (tertiary/aromatic N) is 5. The number of esters is 1. The molecule has 0 spiro atoms. The van der Waals surface area contributed by atoms with E-state index in [0.717, 1.165) is 50.1 Å². The van der Waals surface area contributed by atoms with E-state index in [0.29, 0.717) is 0 Å². The van der Waals surface area contributed by atoms with Crippen LogP contribution in [0.15, 0.2) is 39.5 Å². The number of nitrogens with one attached hydrogen (secondary N) is 2. The third kappa shape index (κ3) is 7.18. The van der Waals surface area contributed by atoms with Gasteiger partial charge in [0.15, 0.2) is 28.1 Å². The van der Waals surface area contributed by atoms with Gasteiger partial charge in [-0.15, -0.1) is 0 Å². The molecule has 7 N–H and O–H groups in total. The smallest absolute Gasteiger partial charge is 0.362 e. The van der Waals surface area contributed by atoms with Gasteiger partial charge in [0.2, 0.25) is 11.0 Å². The van der Waals surface area contributed by atoms with Crippen molar-refractivity contribution in [2.75, 3.05) is 12.4 Å². The number of carbonyl (C=O) groups excluding carboxylic acids is 3. The molecule has 0 radical (unpaired) electrons. The lowest BCUT2D eigenvalue weighted by atomic mass is 9.99. The Morgan fingerprint density at radius 1 is 1.31 bits per heavy atom. The Balaban J connectivity index is 1.53. The number of nitrogens with two attached hydrogens (primary N) is 1. The van der Waals surface area contributed by atoms with Crippen molar-refractivity contribution in [1.82, 2.24) is 24.6 Å². The van der Waals surface area contributed by atoms with E-state index < -0.39 is 81.3 Å². The summed E-state index contributed by atoms with van der Waals surface area (Å²) < 4.78 is 38.5. The molecule has 2 aromatic heterocycles. The van der Waals surface area contributed by atoms with Gasteiger partial charge in [-0.1, -0.05) is 16.9 Å². The lowest BCUT2D eigenvalue weighted by Crippen LogP contribution is -2.73. The van der Waals surface area contributed by atoms with E-state index in [1.54, 1.807) is 0 Å². The molecular formula is C23H24N8O12S2. The number of aromatic hydroxyl groups is 1. The molecule has 4 rings (SSSR count). The first kappa shape index (κ1) is 32.8. The lowest BCUT2D eigenvalue weighted by Gasteiger charge is -2.43. The zero-order valence-corrected chi connectivity index (χ0v) is 24.7. The maximum atomic E-state index is 13.2. The molecule has 4 heterocycles. The van der Waals surface area contributed by atoms with Gasteiger partial charge < -0.3 is 35.8 Å². The zero-order valence-electron chi connectivity index (χ0n) is 23.1. The molecule has 0 aromatic carbocycles. The standard InChI is InChI=1S/C23H24N8O12S2/c1-23(2,21(37)38)43-30-15(11-8-44-22(24)28-11)18(34)29-16-12(31(19(16)35)45(39,40)41)7-42-20(36)9-3-4-25-17(27-9)10-5-13(32)14(33)6-26-10/h3-6,11-12,16,33H,7-8H2,1-2H3,(H2,24,28)(H,26,32)(H,29,34)(H,37,38)(H,39,40,41)/b30-15-/t11?,12-,16+/m1/s1. The summed E-state index contributed by atoms with van der Waals surface area (Å²) >= 11 is 1.06. The molecule has 3 atom stereocenters. The van der Waals surface area contributed by atoms with Crippen LogP contribution < -0.4 is 16.5 Å². The van der Waals surface area contributed by atoms with Gasteiger partial charge in [0, 0.05) is 24.2 Å². The SMILES string of the molecule is CC(C)(O/N=C(\C(=O)N[C@@H]1C(=O)N(S(=O)(=O)O)[C@@H]1COC(=O)c1ccnc(-c2cc(=O)c(O)c[nH]2)n1)C1CSC(N)=N1)C(=O)O. The summed E-state index contributed by atoms with van der Waals surface area (Å²) in [5.74, 6) is -5.57. The van der Waals surface area contributed by atoms with Crippen LogP contribution in [0.1, 0.15) is 24.3 Å². The first-order valence-electron chi connectivity index (χ1n) is 12.5. The number of amidine groups is 1. The maximum Gasteiger partial charge on any atom is 0.362 e. The normalized spacial score (nSPS) is 20.2. The van der Waals surface area contributed by atoms with Crippen LogP contribution in [-0.4, -0.2) is 113 Å². The molecule has 22 heteroatoms. The summed E-state index contributed by atoms with van der Waals surface area (Å²) in [6.45, 7) is 1.44. The Kier molecular flexibility index (Phi) is 9.11. The number of carboxylic acid groups (broad SMARTS) is 1. The number of aromatic amines is 1. The number of β-lactam (4-membered cyclic amide) rings is 1. The number of amides is 2.